The molecular formula is C17H15FN2O4. The number of ether oxygens (including phenoxy) is 1. The van der Waals surface area contributed by atoms with Crippen molar-refractivity contribution in [2.24, 2.45) is 0 Å². The average molecular weight is 330 g/mol. The van der Waals surface area contributed by atoms with Crippen LogP contribution in [0.2, 0.25) is 0 Å². The molecule has 0 radical (unpaired) electrons. The maximum atomic E-state index is 13.4. The average Bonchev–Trinajstić information content (AvgIpc) is 2.60. The van der Waals surface area contributed by atoms with E-state index in [1.807, 2.05) is 0 Å². The number of esters is 1. The molecule has 6 nitrogen and oxygen atoms in total. The fourth-order valence-electron chi connectivity index (χ4n) is 1.76. The van der Waals surface area contributed by atoms with E-state index >= 15 is 0 Å². The van der Waals surface area contributed by atoms with Crippen LogP contribution >= 0.6 is 0 Å². The topological polar surface area (TPSA) is 84.5 Å². The molecule has 0 unspecified atom stereocenters. The minimum Gasteiger partial charge on any atom is -0.452 e. The summed E-state index contributed by atoms with van der Waals surface area (Å²) in [6.07, 6.45) is 0. The molecule has 0 aliphatic heterocycles. The van der Waals surface area contributed by atoms with Gasteiger partial charge in [0.2, 0.25) is 0 Å². The van der Waals surface area contributed by atoms with Crippen molar-refractivity contribution in [1.82, 2.24) is 10.9 Å². The lowest BCUT2D eigenvalue weighted by molar-refractivity contribution is -0.125. The van der Waals surface area contributed by atoms with Crippen molar-refractivity contribution in [3.63, 3.8) is 0 Å². The van der Waals surface area contributed by atoms with Crippen LogP contribution < -0.4 is 10.9 Å². The molecule has 0 saturated heterocycles. The summed E-state index contributed by atoms with van der Waals surface area (Å²) in [6.45, 7) is 0.955. The standard InChI is InChI=1S/C17H15FN2O4/c1-11-7-8-13(9-14(11)18)17(23)24-10-15(21)19-20-16(22)12-5-3-2-4-6-12/h2-9H,10H2,1H3,(H,19,21)(H,20,22). The SMILES string of the molecule is Cc1ccc(C(=O)OCC(=O)NNC(=O)c2ccccc2)cc1F. The van der Waals surface area contributed by atoms with Crippen LogP contribution in [-0.4, -0.2) is 24.4 Å². The van der Waals surface area contributed by atoms with Gasteiger partial charge >= 0.3 is 5.97 Å². The molecule has 0 saturated carbocycles. The summed E-state index contributed by atoms with van der Waals surface area (Å²) in [5.41, 5.74) is 5.07. The van der Waals surface area contributed by atoms with Crippen molar-refractivity contribution in [2.45, 2.75) is 6.92 Å². The van der Waals surface area contributed by atoms with Crippen LogP contribution in [0.25, 0.3) is 0 Å². The number of amides is 2. The van der Waals surface area contributed by atoms with Crippen molar-refractivity contribution in [3.05, 3.63) is 71.0 Å². The molecule has 2 N–H and O–H groups in total. The van der Waals surface area contributed by atoms with Gasteiger partial charge in [0.1, 0.15) is 5.82 Å². The zero-order chi connectivity index (χ0) is 17.5. The van der Waals surface area contributed by atoms with E-state index in [-0.39, 0.29) is 5.56 Å². The fourth-order valence-corrected chi connectivity index (χ4v) is 1.76. The molecule has 124 valence electrons. The number of halogens is 1. The number of carbonyl (C=O) groups is 3. The molecule has 0 spiro atoms. The molecule has 0 aromatic heterocycles. The molecule has 2 amide bonds. The summed E-state index contributed by atoms with van der Waals surface area (Å²) in [6, 6.07) is 12.1. The van der Waals surface area contributed by atoms with E-state index in [9.17, 15) is 18.8 Å². The van der Waals surface area contributed by atoms with E-state index in [0.717, 1.165) is 6.07 Å². The van der Waals surface area contributed by atoms with Gasteiger partial charge in [-0.15, -0.1) is 0 Å². The van der Waals surface area contributed by atoms with Crippen LogP contribution in [-0.2, 0) is 9.53 Å². The summed E-state index contributed by atoms with van der Waals surface area (Å²) in [5, 5.41) is 0. The Labute approximate surface area is 137 Å². The second-order valence-electron chi connectivity index (χ2n) is 4.91. The number of hydrazine groups is 1. The number of benzene rings is 2. The molecule has 2 aromatic carbocycles. The summed E-state index contributed by atoms with van der Waals surface area (Å²) in [7, 11) is 0. The Hall–Kier alpha value is -3.22. The van der Waals surface area contributed by atoms with Crippen LogP contribution in [0, 0.1) is 12.7 Å². The third-order valence-corrected chi connectivity index (χ3v) is 3.09. The van der Waals surface area contributed by atoms with E-state index in [4.69, 9.17) is 4.74 Å². The number of rotatable bonds is 4. The maximum absolute atomic E-state index is 13.4. The molecule has 0 fully saturated rings. The zero-order valence-corrected chi connectivity index (χ0v) is 12.8. The molecule has 0 atom stereocenters. The molecule has 2 aromatic rings. The number of aryl methyl sites for hydroxylation is 1. The van der Waals surface area contributed by atoms with Crippen LogP contribution in [0.15, 0.2) is 48.5 Å². The van der Waals surface area contributed by atoms with Gasteiger partial charge in [-0.1, -0.05) is 24.3 Å². The van der Waals surface area contributed by atoms with Crippen LogP contribution in [0.4, 0.5) is 4.39 Å². The van der Waals surface area contributed by atoms with Gasteiger partial charge < -0.3 is 4.74 Å². The van der Waals surface area contributed by atoms with Gasteiger partial charge in [0.25, 0.3) is 11.8 Å². The molecule has 0 aliphatic rings. The summed E-state index contributed by atoms with van der Waals surface area (Å²) in [5.74, 6) is -2.60. The minimum atomic E-state index is -0.835. The van der Waals surface area contributed by atoms with Gasteiger partial charge in [-0.3, -0.25) is 20.4 Å². The summed E-state index contributed by atoms with van der Waals surface area (Å²) >= 11 is 0. The second kappa shape index (κ2) is 7.87. The van der Waals surface area contributed by atoms with E-state index in [2.05, 4.69) is 10.9 Å². The van der Waals surface area contributed by atoms with Gasteiger partial charge in [0.15, 0.2) is 6.61 Å². The lowest BCUT2D eigenvalue weighted by atomic mass is 10.1. The second-order valence-corrected chi connectivity index (χ2v) is 4.91. The highest BCUT2D eigenvalue weighted by molar-refractivity contribution is 5.96. The van der Waals surface area contributed by atoms with Gasteiger partial charge in [0.05, 0.1) is 5.56 Å². The highest BCUT2D eigenvalue weighted by atomic mass is 19.1. The van der Waals surface area contributed by atoms with Crippen LogP contribution in [0.1, 0.15) is 26.3 Å². The molecule has 0 heterocycles. The van der Waals surface area contributed by atoms with Crippen LogP contribution in [0.5, 0.6) is 0 Å². The van der Waals surface area contributed by atoms with Gasteiger partial charge in [-0.2, -0.15) is 0 Å². The van der Waals surface area contributed by atoms with Crippen molar-refractivity contribution in [1.29, 1.82) is 0 Å². The van der Waals surface area contributed by atoms with Gasteiger partial charge in [-0.25, -0.2) is 9.18 Å². The Kier molecular flexibility index (Phi) is 5.62. The highest BCUT2D eigenvalue weighted by Gasteiger charge is 2.12. The molecule has 24 heavy (non-hydrogen) atoms. The fraction of sp³-hybridized carbons (Fsp3) is 0.118. The predicted molar refractivity (Wildman–Crippen MR) is 83.5 cm³/mol. The normalized spacial score (nSPS) is 9.92. The molecule has 0 bridgehead atoms. The first-order valence-electron chi connectivity index (χ1n) is 7.05. The van der Waals surface area contributed by atoms with Crippen molar-refractivity contribution >= 4 is 17.8 Å². The smallest absolute Gasteiger partial charge is 0.338 e. The monoisotopic (exact) mass is 330 g/mol. The first-order chi connectivity index (χ1) is 11.5. The number of carbonyl (C=O) groups excluding carboxylic acids is 3. The molecular weight excluding hydrogens is 315 g/mol. The van der Waals surface area contributed by atoms with Crippen molar-refractivity contribution < 1.29 is 23.5 Å². The zero-order valence-electron chi connectivity index (χ0n) is 12.8. The lowest BCUT2D eigenvalue weighted by Gasteiger charge is -2.08. The maximum Gasteiger partial charge on any atom is 0.338 e. The summed E-state index contributed by atoms with van der Waals surface area (Å²) in [4.78, 5) is 35.0. The Morgan fingerprint density at radius 2 is 1.71 bits per heavy atom. The largest absolute Gasteiger partial charge is 0.452 e. The molecule has 7 heteroatoms. The van der Waals surface area contributed by atoms with Crippen molar-refractivity contribution in [2.75, 3.05) is 6.61 Å². The number of hydrogen-bond acceptors (Lipinski definition) is 4. The molecule has 2 rings (SSSR count). The minimum absolute atomic E-state index is 0.000721. The van der Waals surface area contributed by atoms with Crippen LogP contribution in [0.3, 0.4) is 0 Å². The Morgan fingerprint density at radius 3 is 2.38 bits per heavy atom. The van der Waals surface area contributed by atoms with Gasteiger partial charge in [-0.05, 0) is 36.8 Å². The van der Waals surface area contributed by atoms with E-state index in [1.54, 1.807) is 37.3 Å². The first kappa shape index (κ1) is 17.1. The number of nitrogens with one attached hydrogen (secondary N) is 2. The van der Waals surface area contributed by atoms with Gasteiger partial charge in [0, 0.05) is 5.56 Å². The van der Waals surface area contributed by atoms with Crippen molar-refractivity contribution in [3.8, 4) is 0 Å². The quantitative estimate of drug-likeness (QED) is 0.661. The first-order valence-corrected chi connectivity index (χ1v) is 7.05. The Balaban J connectivity index is 1.79. The van der Waals surface area contributed by atoms with E-state index in [0.29, 0.717) is 11.1 Å². The Bertz CT molecular complexity index is 762. The molecule has 0 aliphatic carbocycles. The Morgan fingerprint density at radius 1 is 1.00 bits per heavy atom. The third kappa shape index (κ3) is 4.64. The third-order valence-electron chi connectivity index (χ3n) is 3.09. The van der Waals surface area contributed by atoms with E-state index in [1.165, 1.54) is 12.1 Å². The predicted octanol–water partition coefficient (Wildman–Crippen LogP) is 1.75. The van der Waals surface area contributed by atoms with E-state index < -0.39 is 30.2 Å². The highest BCUT2D eigenvalue weighted by Crippen LogP contribution is 2.10. The number of hydrogen-bond donors (Lipinski definition) is 2. The lowest BCUT2D eigenvalue weighted by Crippen LogP contribution is -2.43. The summed E-state index contributed by atoms with van der Waals surface area (Å²) < 4.78 is 18.1.